The van der Waals surface area contributed by atoms with Gasteiger partial charge in [0.15, 0.2) is 0 Å². The number of furan rings is 5. The third kappa shape index (κ3) is 8.20. The van der Waals surface area contributed by atoms with Crippen molar-refractivity contribution in [2.45, 2.75) is 10.8 Å². The van der Waals surface area contributed by atoms with E-state index in [0.29, 0.717) is 0 Å². The molecule has 105 heavy (non-hydrogen) atoms. The Labute approximate surface area is 601 Å². The molecule has 0 aliphatic heterocycles. The fraction of sp³-hybridized carbons (Fsp3) is 0.0204. The topological polar surface area (TPSA) is 72.2 Å². The fourth-order valence-electron chi connectivity index (χ4n) is 18.3. The summed E-state index contributed by atoms with van der Waals surface area (Å²) in [5.41, 5.74) is 27.1. The van der Waals surface area contributed by atoms with Gasteiger partial charge in [0.25, 0.3) is 0 Å². The molecular formula is C98H58N2O5. The lowest BCUT2D eigenvalue weighted by atomic mass is 9.67. The van der Waals surface area contributed by atoms with Crippen LogP contribution in [0.1, 0.15) is 44.5 Å². The molecule has 16 aromatic carbocycles. The second kappa shape index (κ2) is 21.8. The van der Waals surface area contributed by atoms with E-state index in [1.165, 1.54) is 66.8 Å². The predicted molar refractivity (Wildman–Crippen MR) is 427 cm³/mol. The van der Waals surface area contributed by atoms with Crippen LogP contribution in [0.3, 0.4) is 0 Å². The van der Waals surface area contributed by atoms with Crippen LogP contribution >= 0.6 is 0 Å². The smallest absolute Gasteiger partial charge is 0.137 e. The number of anilines is 6. The van der Waals surface area contributed by atoms with E-state index in [4.69, 9.17) is 22.1 Å². The lowest BCUT2D eigenvalue weighted by molar-refractivity contribution is 0.662. The zero-order chi connectivity index (χ0) is 68.6. The molecule has 0 spiro atoms. The van der Waals surface area contributed by atoms with Crippen molar-refractivity contribution in [1.82, 2.24) is 0 Å². The summed E-state index contributed by atoms with van der Waals surface area (Å²) in [6.07, 6.45) is 0. The van der Waals surface area contributed by atoms with Crippen LogP contribution in [-0.2, 0) is 10.8 Å². The van der Waals surface area contributed by atoms with Gasteiger partial charge in [-0.3, -0.25) is 0 Å². The minimum absolute atomic E-state index is 0.599. The van der Waals surface area contributed by atoms with Gasteiger partial charge in [-0.2, -0.15) is 0 Å². The highest BCUT2D eigenvalue weighted by atomic mass is 16.3. The molecule has 0 radical (unpaired) electrons. The van der Waals surface area contributed by atoms with Crippen LogP contribution in [0.25, 0.3) is 132 Å². The quantitative estimate of drug-likeness (QED) is 0.135. The van der Waals surface area contributed by atoms with E-state index in [0.717, 1.165) is 144 Å². The zero-order valence-electron chi connectivity index (χ0n) is 56.4. The lowest BCUT2D eigenvalue weighted by Crippen LogP contribution is -2.28. The van der Waals surface area contributed by atoms with E-state index in [2.05, 4.69) is 337 Å². The molecule has 0 N–H and O–H groups in total. The van der Waals surface area contributed by atoms with Crippen LogP contribution in [0.4, 0.5) is 34.1 Å². The number of hydrogen-bond donors (Lipinski definition) is 0. The Bertz CT molecular complexity index is 6670. The molecule has 0 atom stereocenters. The van der Waals surface area contributed by atoms with E-state index in [-0.39, 0.29) is 0 Å². The third-order valence-corrected chi connectivity index (χ3v) is 22.8. The van der Waals surface area contributed by atoms with Gasteiger partial charge in [-0.25, -0.2) is 0 Å². The van der Waals surface area contributed by atoms with Gasteiger partial charge >= 0.3 is 0 Å². The first-order chi connectivity index (χ1) is 52.0. The Balaban J connectivity index is 0.658. The van der Waals surface area contributed by atoms with Crippen LogP contribution in [0.2, 0.25) is 0 Å². The van der Waals surface area contributed by atoms with Crippen LogP contribution in [0.5, 0.6) is 0 Å². The molecule has 0 unspecified atom stereocenters. The molecule has 0 saturated heterocycles. The largest absolute Gasteiger partial charge is 0.456 e. The predicted octanol–water partition coefficient (Wildman–Crippen LogP) is 26.8. The number of nitrogens with zero attached hydrogens (tertiary/aromatic N) is 2. The summed E-state index contributed by atoms with van der Waals surface area (Å²) in [5, 5.41) is 10.1. The molecule has 0 saturated carbocycles. The first-order valence-electron chi connectivity index (χ1n) is 35.8. The summed E-state index contributed by atoms with van der Waals surface area (Å²) < 4.78 is 34.4. The summed E-state index contributed by atoms with van der Waals surface area (Å²) >= 11 is 0. The van der Waals surface area contributed by atoms with Crippen LogP contribution < -0.4 is 9.80 Å². The minimum Gasteiger partial charge on any atom is -0.456 e. The Morgan fingerprint density at radius 3 is 0.752 bits per heavy atom. The number of rotatable bonds is 10. The van der Waals surface area contributed by atoms with Crippen molar-refractivity contribution in [1.29, 1.82) is 0 Å². The summed E-state index contributed by atoms with van der Waals surface area (Å²) in [5.74, 6) is 0. The monoisotopic (exact) mass is 1340 g/mol. The number of fused-ring (bicyclic) bond motifs is 21. The highest BCUT2D eigenvalue weighted by Crippen LogP contribution is 2.60. The summed E-state index contributed by atoms with van der Waals surface area (Å²) in [6.45, 7) is 0. The van der Waals surface area contributed by atoms with Gasteiger partial charge in [0.2, 0.25) is 0 Å². The second-order valence-electron chi connectivity index (χ2n) is 28.1. The molecule has 23 rings (SSSR count). The number of hydrogen-bond acceptors (Lipinski definition) is 7. The first kappa shape index (κ1) is 57.8. The van der Waals surface area contributed by atoms with Crippen molar-refractivity contribution in [2.24, 2.45) is 0 Å². The van der Waals surface area contributed by atoms with Gasteiger partial charge < -0.3 is 31.9 Å². The zero-order valence-corrected chi connectivity index (χ0v) is 56.4. The average molecular weight is 1340 g/mol. The molecule has 5 heterocycles. The standard InChI is InChI=1S/C98H58N2O5/c1-5-21-59(22-6-1)97(60-23-7-2-8-24-60)83-33-17-13-29-69(83)71-43-37-63(49-85(71)97)99(65-39-45-75-73-31-15-19-35-87(73)101-89(75)51-65)67-41-47-77-79-55-95-81(57-93(79)103-91(77)53-67)82-58-94-80(56-96(82)105-95)78-48-42-68(54-92(78)104-94)100(66-40-46-76-74-32-16-20-36-88(74)102-90(76)52-66)64-38-44-72-70-30-14-18-34-84(70)98(86(72)50-64,61-25-9-3-10-26-61)62-27-11-4-12-28-62/h1-58H. The van der Waals surface area contributed by atoms with Crippen molar-refractivity contribution in [2.75, 3.05) is 9.80 Å². The molecule has 490 valence electrons. The van der Waals surface area contributed by atoms with E-state index >= 15 is 0 Å². The van der Waals surface area contributed by atoms with Crippen molar-refractivity contribution in [3.63, 3.8) is 0 Å². The molecule has 2 aliphatic carbocycles. The average Bonchev–Trinajstić information content (AvgIpc) is 1.56. The maximum Gasteiger partial charge on any atom is 0.137 e. The second-order valence-corrected chi connectivity index (χ2v) is 28.1. The van der Waals surface area contributed by atoms with E-state index in [1.807, 2.05) is 24.3 Å². The summed E-state index contributed by atoms with van der Waals surface area (Å²) in [4.78, 5) is 4.69. The van der Waals surface area contributed by atoms with Gasteiger partial charge in [-0.1, -0.05) is 218 Å². The Kier molecular flexibility index (Phi) is 12.0. The van der Waals surface area contributed by atoms with Gasteiger partial charge in [0.05, 0.1) is 10.8 Å². The summed E-state index contributed by atoms with van der Waals surface area (Å²) in [6, 6.07) is 127. The lowest BCUT2D eigenvalue weighted by Gasteiger charge is -2.35. The van der Waals surface area contributed by atoms with Crippen molar-refractivity contribution < 1.29 is 22.1 Å². The van der Waals surface area contributed by atoms with Crippen LogP contribution in [0, 0.1) is 0 Å². The fourth-order valence-corrected chi connectivity index (χ4v) is 18.3. The number of benzene rings is 16. The maximum atomic E-state index is 7.08. The first-order valence-corrected chi connectivity index (χ1v) is 35.8. The van der Waals surface area contributed by atoms with E-state index < -0.39 is 10.8 Å². The molecule has 7 nitrogen and oxygen atoms in total. The number of para-hydroxylation sites is 2. The SMILES string of the molecule is c1ccc(C2(c3ccccc3)c3ccccc3-c3ccc(N(c4ccc5c(c4)oc4ccccc45)c4ccc5c(c4)oc4cc6c(cc45)oc4cc5c(cc46)oc4cc(N(c6ccc7c(c6)C(c6ccccc6)(c6ccccc6)c6ccccc6-7)c6ccc7c(c6)oc6ccccc67)ccc45)cc32)cc1. The highest BCUT2D eigenvalue weighted by Gasteiger charge is 2.48. The molecule has 2 aliphatic rings. The Morgan fingerprint density at radius 1 is 0.162 bits per heavy atom. The van der Waals surface area contributed by atoms with Gasteiger partial charge in [0.1, 0.15) is 55.8 Å². The maximum absolute atomic E-state index is 7.08. The molecule has 5 aromatic heterocycles. The van der Waals surface area contributed by atoms with E-state index in [9.17, 15) is 0 Å². The highest BCUT2D eigenvalue weighted by molar-refractivity contribution is 6.19. The van der Waals surface area contributed by atoms with Crippen LogP contribution in [-0.4, -0.2) is 0 Å². The van der Waals surface area contributed by atoms with Crippen molar-refractivity contribution >= 4 is 144 Å². The van der Waals surface area contributed by atoms with Gasteiger partial charge in [0, 0.05) is 112 Å². The minimum atomic E-state index is -0.599. The summed E-state index contributed by atoms with van der Waals surface area (Å²) in [7, 11) is 0. The molecule has 0 amide bonds. The van der Waals surface area contributed by atoms with Gasteiger partial charge in [-0.15, -0.1) is 0 Å². The van der Waals surface area contributed by atoms with Gasteiger partial charge in [-0.05, 0) is 176 Å². The molecule has 0 fully saturated rings. The Morgan fingerprint density at radius 2 is 0.400 bits per heavy atom. The Hall–Kier alpha value is -13.9. The van der Waals surface area contributed by atoms with Crippen molar-refractivity contribution in [3.8, 4) is 22.3 Å². The van der Waals surface area contributed by atoms with E-state index in [1.54, 1.807) is 0 Å². The third-order valence-electron chi connectivity index (χ3n) is 22.8. The molecule has 7 heteroatoms. The normalized spacial score (nSPS) is 13.5. The molecule has 21 aromatic rings. The molecular weight excluding hydrogens is 1290 g/mol. The molecule has 0 bridgehead atoms. The van der Waals surface area contributed by atoms with Crippen molar-refractivity contribution in [3.05, 3.63) is 396 Å². The van der Waals surface area contributed by atoms with Crippen LogP contribution in [0.15, 0.2) is 374 Å².